The molecule has 0 heterocycles. The Morgan fingerprint density at radius 1 is 1.20 bits per heavy atom. The zero-order valence-electron chi connectivity index (χ0n) is 11.4. The molecule has 0 aliphatic carbocycles. The molecule has 3 N–H and O–H groups in total. The first kappa shape index (κ1) is 14.9. The third-order valence-electron chi connectivity index (χ3n) is 3.73. The van der Waals surface area contributed by atoms with E-state index in [0.29, 0.717) is 23.3 Å². The maximum atomic E-state index is 5.65. The molecule has 0 radical (unpaired) electrons. The molecule has 0 bridgehead atoms. The summed E-state index contributed by atoms with van der Waals surface area (Å²) in [5.74, 6) is 7.01. The molecule has 3 atom stereocenters. The van der Waals surface area contributed by atoms with Gasteiger partial charge in [-0.2, -0.15) is 0 Å². The lowest BCUT2D eigenvalue weighted by atomic mass is 9.76. The summed E-state index contributed by atoms with van der Waals surface area (Å²) in [6.07, 6.45) is 3.66. The van der Waals surface area contributed by atoms with Crippen LogP contribution in [-0.4, -0.2) is 6.04 Å². The second-order valence-electron chi connectivity index (χ2n) is 6.04. The molecule has 0 rings (SSSR count). The van der Waals surface area contributed by atoms with Crippen molar-refractivity contribution in [2.24, 2.45) is 23.1 Å². The van der Waals surface area contributed by atoms with Crippen molar-refractivity contribution < 1.29 is 0 Å². The van der Waals surface area contributed by atoms with Crippen LogP contribution in [0.4, 0.5) is 0 Å². The van der Waals surface area contributed by atoms with Crippen molar-refractivity contribution in [3.8, 4) is 0 Å². The zero-order valence-corrected chi connectivity index (χ0v) is 11.4. The van der Waals surface area contributed by atoms with Gasteiger partial charge in [-0.25, -0.2) is 0 Å². The Kier molecular flexibility index (Phi) is 6.46. The topological polar surface area (TPSA) is 38.0 Å². The molecule has 2 heteroatoms. The van der Waals surface area contributed by atoms with E-state index in [4.69, 9.17) is 5.84 Å². The summed E-state index contributed by atoms with van der Waals surface area (Å²) in [7, 11) is 0. The van der Waals surface area contributed by atoms with Crippen LogP contribution in [0.15, 0.2) is 0 Å². The van der Waals surface area contributed by atoms with Gasteiger partial charge in [-0.15, -0.1) is 0 Å². The molecule has 0 fully saturated rings. The molecule has 92 valence electrons. The first-order chi connectivity index (χ1) is 6.82. The molecular weight excluding hydrogens is 184 g/mol. The minimum Gasteiger partial charge on any atom is -0.271 e. The van der Waals surface area contributed by atoms with E-state index in [1.165, 1.54) is 19.3 Å². The van der Waals surface area contributed by atoms with Crippen molar-refractivity contribution >= 4 is 0 Å². The average molecular weight is 214 g/mol. The third-order valence-corrected chi connectivity index (χ3v) is 3.73. The van der Waals surface area contributed by atoms with Gasteiger partial charge in [0.2, 0.25) is 0 Å². The second-order valence-corrected chi connectivity index (χ2v) is 6.04. The molecule has 2 nitrogen and oxygen atoms in total. The summed E-state index contributed by atoms with van der Waals surface area (Å²) in [6.45, 7) is 13.8. The third kappa shape index (κ3) is 5.53. The maximum absolute atomic E-state index is 5.65. The van der Waals surface area contributed by atoms with Crippen molar-refractivity contribution in [3.05, 3.63) is 0 Å². The predicted octanol–water partition coefficient (Wildman–Crippen LogP) is 3.33. The fourth-order valence-corrected chi connectivity index (χ4v) is 1.86. The van der Waals surface area contributed by atoms with Gasteiger partial charge in [-0.05, 0) is 30.1 Å². The molecule has 0 spiro atoms. The van der Waals surface area contributed by atoms with Crippen LogP contribution < -0.4 is 11.3 Å². The van der Waals surface area contributed by atoms with Crippen LogP contribution in [0.25, 0.3) is 0 Å². The Hall–Kier alpha value is -0.0800. The molecule has 0 saturated carbocycles. The summed E-state index contributed by atoms with van der Waals surface area (Å²) in [6, 6.07) is 0.458. The molecule has 0 aliphatic heterocycles. The average Bonchev–Trinajstić information content (AvgIpc) is 2.12. The maximum Gasteiger partial charge on any atom is 0.0238 e. The lowest BCUT2D eigenvalue weighted by molar-refractivity contribution is 0.198. The van der Waals surface area contributed by atoms with Crippen LogP contribution in [0.2, 0.25) is 0 Å². The van der Waals surface area contributed by atoms with E-state index in [-0.39, 0.29) is 0 Å². The van der Waals surface area contributed by atoms with E-state index in [0.717, 1.165) is 0 Å². The smallest absolute Gasteiger partial charge is 0.0238 e. The van der Waals surface area contributed by atoms with E-state index in [9.17, 15) is 0 Å². The molecule has 3 unspecified atom stereocenters. The molecule has 0 aromatic rings. The molecule has 0 saturated heterocycles. The SMILES string of the molecule is CCCC(C)C(CC(C)C(C)(C)C)NN. The highest BCUT2D eigenvalue weighted by Crippen LogP contribution is 2.30. The fraction of sp³-hybridized carbons (Fsp3) is 1.00. The fourth-order valence-electron chi connectivity index (χ4n) is 1.86. The Morgan fingerprint density at radius 3 is 2.07 bits per heavy atom. The normalized spacial score (nSPS) is 18.6. The zero-order chi connectivity index (χ0) is 12.1. The molecule has 15 heavy (non-hydrogen) atoms. The first-order valence-corrected chi connectivity index (χ1v) is 6.29. The van der Waals surface area contributed by atoms with Gasteiger partial charge in [0.15, 0.2) is 0 Å². The Labute approximate surface area is 96.0 Å². The van der Waals surface area contributed by atoms with Gasteiger partial charge in [-0.1, -0.05) is 48.0 Å². The quantitative estimate of drug-likeness (QED) is 0.526. The molecule has 0 aliphatic rings. The Morgan fingerprint density at radius 2 is 1.73 bits per heavy atom. The minimum absolute atomic E-state index is 0.376. The number of hydrogen-bond acceptors (Lipinski definition) is 2. The van der Waals surface area contributed by atoms with Crippen LogP contribution in [0.3, 0.4) is 0 Å². The van der Waals surface area contributed by atoms with Crippen LogP contribution >= 0.6 is 0 Å². The number of nitrogens with two attached hydrogens (primary N) is 1. The van der Waals surface area contributed by atoms with Gasteiger partial charge in [0, 0.05) is 6.04 Å². The molecular formula is C13H30N2. The summed E-state index contributed by atoms with van der Waals surface area (Å²) in [5, 5.41) is 0. The highest BCUT2D eigenvalue weighted by molar-refractivity contribution is 4.78. The summed E-state index contributed by atoms with van der Waals surface area (Å²) >= 11 is 0. The lowest BCUT2D eigenvalue weighted by Crippen LogP contribution is -2.42. The van der Waals surface area contributed by atoms with Crippen molar-refractivity contribution in [1.82, 2.24) is 5.43 Å². The number of hydrazine groups is 1. The second kappa shape index (κ2) is 6.49. The van der Waals surface area contributed by atoms with Crippen molar-refractivity contribution in [1.29, 1.82) is 0 Å². The minimum atomic E-state index is 0.376. The van der Waals surface area contributed by atoms with Crippen LogP contribution in [-0.2, 0) is 0 Å². The standard InChI is InChI=1S/C13H30N2/c1-7-8-10(2)12(15-14)9-11(3)13(4,5)6/h10-12,15H,7-9,14H2,1-6H3. The monoisotopic (exact) mass is 214 g/mol. The highest BCUT2D eigenvalue weighted by Gasteiger charge is 2.25. The summed E-state index contributed by atoms with van der Waals surface area (Å²) in [4.78, 5) is 0. The molecule has 0 aromatic carbocycles. The molecule has 0 aromatic heterocycles. The number of rotatable bonds is 6. The van der Waals surface area contributed by atoms with Gasteiger partial charge >= 0.3 is 0 Å². The number of hydrogen-bond donors (Lipinski definition) is 2. The largest absolute Gasteiger partial charge is 0.271 e. The van der Waals surface area contributed by atoms with Crippen molar-refractivity contribution in [2.75, 3.05) is 0 Å². The van der Waals surface area contributed by atoms with Crippen molar-refractivity contribution in [2.45, 2.75) is 66.8 Å². The number of nitrogens with one attached hydrogen (secondary N) is 1. The highest BCUT2D eigenvalue weighted by atomic mass is 15.2. The van der Waals surface area contributed by atoms with Crippen molar-refractivity contribution in [3.63, 3.8) is 0 Å². The Bertz CT molecular complexity index is 160. The van der Waals surface area contributed by atoms with E-state index in [1.807, 2.05) is 0 Å². The summed E-state index contributed by atoms with van der Waals surface area (Å²) < 4.78 is 0. The van der Waals surface area contributed by atoms with Gasteiger partial charge in [0.1, 0.15) is 0 Å². The lowest BCUT2D eigenvalue weighted by Gasteiger charge is -2.33. The Balaban J connectivity index is 4.20. The van der Waals surface area contributed by atoms with Crippen LogP contribution in [0, 0.1) is 17.3 Å². The van der Waals surface area contributed by atoms with Gasteiger partial charge in [-0.3, -0.25) is 11.3 Å². The van der Waals surface area contributed by atoms with Crippen LogP contribution in [0.5, 0.6) is 0 Å². The van der Waals surface area contributed by atoms with E-state index >= 15 is 0 Å². The van der Waals surface area contributed by atoms with E-state index in [2.05, 4.69) is 47.0 Å². The summed E-state index contributed by atoms with van der Waals surface area (Å²) in [5.41, 5.74) is 3.37. The van der Waals surface area contributed by atoms with Gasteiger partial charge in [0.25, 0.3) is 0 Å². The van der Waals surface area contributed by atoms with Crippen LogP contribution in [0.1, 0.15) is 60.8 Å². The van der Waals surface area contributed by atoms with E-state index in [1.54, 1.807) is 0 Å². The first-order valence-electron chi connectivity index (χ1n) is 6.29. The predicted molar refractivity (Wildman–Crippen MR) is 68.4 cm³/mol. The van der Waals surface area contributed by atoms with E-state index < -0.39 is 0 Å². The van der Waals surface area contributed by atoms with Gasteiger partial charge < -0.3 is 0 Å². The van der Waals surface area contributed by atoms with Gasteiger partial charge in [0.05, 0.1) is 0 Å². The molecule has 0 amide bonds.